The van der Waals surface area contributed by atoms with Crippen LogP contribution in [-0.2, 0) is 0 Å². The number of hydrogen-bond donors (Lipinski definition) is 3. The number of aliphatic hydroxyl groups excluding tert-OH is 1. The van der Waals surface area contributed by atoms with Gasteiger partial charge in [0.2, 0.25) is 12.2 Å². The second kappa shape index (κ2) is 5.31. The third-order valence-corrected chi connectivity index (χ3v) is 3.35. The summed E-state index contributed by atoms with van der Waals surface area (Å²) in [6.45, 7) is 3.48. The van der Waals surface area contributed by atoms with Crippen molar-refractivity contribution in [1.82, 2.24) is 5.32 Å². The molecule has 1 aliphatic heterocycles. The number of aliphatic imine (C=N–C) groups is 1. The topological polar surface area (TPSA) is 127 Å². The third-order valence-electron chi connectivity index (χ3n) is 3.35. The lowest BCUT2D eigenvalue weighted by atomic mass is 9.86. The monoisotopic (exact) mass is 285 g/mol. The van der Waals surface area contributed by atoms with Crippen LogP contribution in [0.1, 0.15) is 31.0 Å². The third kappa shape index (κ3) is 2.73. The van der Waals surface area contributed by atoms with E-state index in [4.69, 9.17) is 21.0 Å². The van der Waals surface area contributed by atoms with E-state index in [0.29, 0.717) is 16.9 Å². The lowest BCUT2D eigenvalue weighted by Crippen LogP contribution is -2.54. The molecule has 21 heavy (non-hydrogen) atoms. The molecule has 0 aromatic heterocycles. The standard InChI is InChI=1S/C14H15N5O2/c1-14(2)12(20)11(19-13(17)18-7-16)9-5-8(6-15)3-4-10(9)21-14/h3-5,11-12,20H,1-2H3,(H3,17,18,19)/t11-,12+/m0/s1. The molecule has 0 bridgehead atoms. The van der Waals surface area contributed by atoms with Gasteiger partial charge in [0.1, 0.15) is 17.5 Å². The van der Waals surface area contributed by atoms with Gasteiger partial charge in [0, 0.05) is 5.56 Å². The Bertz CT molecular complexity index is 669. The number of fused-ring (bicyclic) bond motifs is 1. The summed E-state index contributed by atoms with van der Waals surface area (Å²) >= 11 is 0. The van der Waals surface area contributed by atoms with Gasteiger partial charge >= 0.3 is 0 Å². The lowest BCUT2D eigenvalue weighted by Gasteiger charge is -2.42. The zero-order valence-electron chi connectivity index (χ0n) is 11.7. The molecule has 4 N–H and O–H groups in total. The first-order valence-corrected chi connectivity index (χ1v) is 6.29. The molecule has 1 aromatic rings. The number of nitriles is 2. The van der Waals surface area contributed by atoms with Crippen LogP contribution in [0.5, 0.6) is 5.75 Å². The highest BCUT2D eigenvalue weighted by Crippen LogP contribution is 2.40. The molecular formula is C14H15N5O2. The maximum Gasteiger partial charge on any atom is 0.209 e. The van der Waals surface area contributed by atoms with Crippen molar-refractivity contribution in [3.8, 4) is 18.0 Å². The van der Waals surface area contributed by atoms with Gasteiger partial charge in [-0.25, -0.2) is 0 Å². The second-order valence-electron chi connectivity index (χ2n) is 5.23. The van der Waals surface area contributed by atoms with Crippen molar-refractivity contribution in [2.75, 3.05) is 0 Å². The van der Waals surface area contributed by atoms with Gasteiger partial charge in [-0.3, -0.25) is 0 Å². The molecule has 7 nitrogen and oxygen atoms in total. The zero-order valence-corrected chi connectivity index (χ0v) is 11.7. The molecule has 2 rings (SSSR count). The molecule has 0 amide bonds. The molecule has 7 heteroatoms. The quantitative estimate of drug-likeness (QED) is 0.392. The van der Waals surface area contributed by atoms with Crippen LogP contribution < -0.4 is 15.8 Å². The Morgan fingerprint density at radius 2 is 2.19 bits per heavy atom. The van der Waals surface area contributed by atoms with Crippen molar-refractivity contribution in [2.24, 2.45) is 10.7 Å². The summed E-state index contributed by atoms with van der Waals surface area (Å²) in [6, 6.07) is 6.33. The molecule has 1 aliphatic rings. The van der Waals surface area contributed by atoms with E-state index in [1.54, 1.807) is 38.2 Å². The summed E-state index contributed by atoms with van der Waals surface area (Å²) in [5.41, 5.74) is 5.77. The van der Waals surface area contributed by atoms with Gasteiger partial charge < -0.3 is 20.9 Å². The molecular weight excluding hydrogens is 270 g/mol. The summed E-state index contributed by atoms with van der Waals surface area (Å²) in [4.78, 5) is 3.39. The van der Waals surface area contributed by atoms with Crippen molar-refractivity contribution >= 4 is 5.96 Å². The Kier molecular flexibility index (Phi) is 3.70. The van der Waals surface area contributed by atoms with Crippen LogP contribution in [0, 0.1) is 22.8 Å². The summed E-state index contributed by atoms with van der Waals surface area (Å²) in [7, 11) is 0. The van der Waals surface area contributed by atoms with Crippen molar-refractivity contribution in [3.63, 3.8) is 0 Å². The van der Waals surface area contributed by atoms with Crippen molar-refractivity contribution in [3.05, 3.63) is 29.3 Å². The van der Waals surface area contributed by atoms with E-state index in [0.717, 1.165) is 0 Å². The van der Waals surface area contributed by atoms with E-state index in [-0.39, 0.29) is 5.96 Å². The molecule has 0 radical (unpaired) electrons. The predicted molar refractivity (Wildman–Crippen MR) is 75.0 cm³/mol. The van der Waals surface area contributed by atoms with Crippen LogP contribution in [-0.4, -0.2) is 22.8 Å². The lowest BCUT2D eigenvalue weighted by molar-refractivity contribution is -0.0611. The molecule has 0 saturated carbocycles. The number of ether oxygens (including phenoxy) is 1. The van der Waals surface area contributed by atoms with Gasteiger partial charge in [-0.1, -0.05) is 0 Å². The Balaban J connectivity index is 2.49. The largest absolute Gasteiger partial charge is 0.485 e. The summed E-state index contributed by atoms with van der Waals surface area (Å²) in [5.74, 6) is 0.444. The Hall–Kier alpha value is -2.77. The maximum atomic E-state index is 10.5. The number of nitrogens with one attached hydrogen (secondary N) is 1. The summed E-state index contributed by atoms with van der Waals surface area (Å²) in [5, 5.41) is 30.8. The predicted octanol–water partition coefficient (Wildman–Crippen LogP) is 0.517. The van der Waals surface area contributed by atoms with E-state index in [2.05, 4.69) is 10.3 Å². The maximum absolute atomic E-state index is 10.5. The number of rotatable bonds is 1. The number of aliphatic hydroxyl groups is 1. The van der Waals surface area contributed by atoms with E-state index >= 15 is 0 Å². The van der Waals surface area contributed by atoms with E-state index < -0.39 is 17.7 Å². The summed E-state index contributed by atoms with van der Waals surface area (Å²) < 4.78 is 5.76. The van der Waals surface area contributed by atoms with Gasteiger partial charge in [0.15, 0.2) is 0 Å². The smallest absolute Gasteiger partial charge is 0.209 e. The number of guanidine groups is 1. The van der Waals surface area contributed by atoms with Crippen molar-refractivity contribution in [1.29, 1.82) is 10.5 Å². The van der Waals surface area contributed by atoms with Crippen LogP contribution in [0.3, 0.4) is 0 Å². The molecule has 1 heterocycles. The summed E-state index contributed by atoms with van der Waals surface area (Å²) in [6.07, 6.45) is 0.636. The highest BCUT2D eigenvalue weighted by atomic mass is 16.5. The SMILES string of the molecule is CC1(C)Oc2ccc(C#N)cc2[C@H](NC(N)=NC#N)[C@H]1O. The van der Waals surface area contributed by atoms with Crippen LogP contribution in [0.2, 0.25) is 0 Å². The molecule has 0 spiro atoms. The normalized spacial score (nSPS) is 23.2. The van der Waals surface area contributed by atoms with Crippen LogP contribution in [0.25, 0.3) is 0 Å². The fourth-order valence-corrected chi connectivity index (χ4v) is 2.27. The molecule has 0 aliphatic carbocycles. The highest BCUT2D eigenvalue weighted by Gasteiger charge is 2.43. The molecule has 2 atom stereocenters. The first kappa shape index (κ1) is 14.6. The van der Waals surface area contributed by atoms with Gasteiger partial charge in [0.25, 0.3) is 0 Å². The average molecular weight is 285 g/mol. The molecule has 0 unspecified atom stereocenters. The first-order valence-electron chi connectivity index (χ1n) is 6.29. The van der Waals surface area contributed by atoms with Gasteiger partial charge in [0.05, 0.1) is 17.7 Å². The average Bonchev–Trinajstić information content (AvgIpc) is 2.43. The number of nitrogens with zero attached hydrogens (tertiary/aromatic N) is 3. The fraction of sp³-hybridized carbons (Fsp3) is 0.357. The number of benzene rings is 1. The van der Waals surface area contributed by atoms with E-state index in [9.17, 15) is 5.11 Å². The number of nitrogens with two attached hydrogens (primary N) is 1. The highest BCUT2D eigenvalue weighted by molar-refractivity contribution is 5.79. The van der Waals surface area contributed by atoms with Crippen molar-refractivity contribution < 1.29 is 9.84 Å². The molecule has 0 fully saturated rings. The fourth-order valence-electron chi connectivity index (χ4n) is 2.27. The van der Waals surface area contributed by atoms with E-state index in [1.165, 1.54) is 0 Å². The second-order valence-corrected chi connectivity index (χ2v) is 5.23. The molecule has 108 valence electrons. The van der Waals surface area contributed by atoms with Crippen LogP contribution >= 0.6 is 0 Å². The minimum Gasteiger partial charge on any atom is -0.485 e. The van der Waals surface area contributed by atoms with Gasteiger partial charge in [-0.05, 0) is 32.0 Å². The van der Waals surface area contributed by atoms with Gasteiger partial charge in [-0.15, -0.1) is 4.99 Å². The van der Waals surface area contributed by atoms with E-state index in [1.807, 2.05) is 6.07 Å². The Morgan fingerprint density at radius 1 is 1.48 bits per heavy atom. The van der Waals surface area contributed by atoms with Crippen molar-refractivity contribution in [2.45, 2.75) is 31.6 Å². The Morgan fingerprint density at radius 3 is 2.81 bits per heavy atom. The minimum absolute atomic E-state index is 0.104. The first-order chi connectivity index (χ1) is 9.89. The minimum atomic E-state index is -0.939. The Labute approximate surface area is 122 Å². The zero-order chi connectivity index (χ0) is 15.6. The van der Waals surface area contributed by atoms with Crippen LogP contribution in [0.4, 0.5) is 0 Å². The molecule has 1 aromatic carbocycles. The van der Waals surface area contributed by atoms with Gasteiger partial charge in [-0.2, -0.15) is 10.5 Å². The van der Waals surface area contributed by atoms with Crippen LogP contribution in [0.15, 0.2) is 23.2 Å². The molecule has 0 saturated heterocycles. The number of hydrogen-bond acceptors (Lipinski definition) is 5.